The van der Waals surface area contributed by atoms with Crippen molar-refractivity contribution in [1.29, 1.82) is 0 Å². The topological polar surface area (TPSA) is 69.7 Å². The highest BCUT2D eigenvalue weighted by Crippen LogP contribution is 2.35. The van der Waals surface area contributed by atoms with Gasteiger partial charge in [0.1, 0.15) is 0 Å². The number of piperidine rings is 1. The van der Waals surface area contributed by atoms with Crippen molar-refractivity contribution in [2.75, 3.05) is 31.6 Å². The maximum atomic E-state index is 13.1. The molecule has 2 atom stereocenters. The van der Waals surface area contributed by atoms with Crippen molar-refractivity contribution in [2.24, 2.45) is 5.92 Å². The molecule has 1 N–H and O–H groups in total. The summed E-state index contributed by atoms with van der Waals surface area (Å²) < 4.78 is 27.7. The average molecular weight is 365 g/mol. The number of anilines is 1. The Hall–Kier alpha value is -1.44. The number of sulfonamides is 1. The van der Waals surface area contributed by atoms with Gasteiger partial charge in [0.05, 0.1) is 4.90 Å². The van der Waals surface area contributed by atoms with Gasteiger partial charge in [-0.25, -0.2) is 8.42 Å². The van der Waals surface area contributed by atoms with Crippen LogP contribution in [0.2, 0.25) is 0 Å². The Kier molecular flexibility index (Phi) is 5.18. The largest absolute Gasteiger partial charge is 0.319 e. The lowest BCUT2D eigenvalue weighted by Crippen LogP contribution is -2.42. The molecule has 138 valence electrons. The zero-order chi connectivity index (χ0) is 18.2. The number of rotatable bonds is 4. The molecule has 0 spiro atoms. The lowest BCUT2D eigenvalue weighted by Gasteiger charge is -2.32. The van der Waals surface area contributed by atoms with E-state index in [1.54, 1.807) is 34.3 Å². The molecule has 7 heteroatoms. The van der Waals surface area contributed by atoms with Crippen molar-refractivity contribution in [3.05, 3.63) is 23.8 Å². The van der Waals surface area contributed by atoms with E-state index in [0.29, 0.717) is 30.3 Å². The van der Waals surface area contributed by atoms with E-state index in [2.05, 4.69) is 5.32 Å². The fourth-order valence-electron chi connectivity index (χ4n) is 4.10. The lowest BCUT2D eigenvalue weighted by atomic mass is 10.00. The minimum Gasteiger partial charge on any atom is -0.319 e. The van der Waals surface area contributed by atoms with Crippen LogP contribution in [-0.4, -0.2) is 51.4 Å². The number of hydrogen-bond donors (Lipinski definition) is 1. The molecule has 2 aliphatic rings. The summed E-state index contributed by atoms with van der Waals surface area (Å²) in [4.78, 5) is 13.9. The summed E-state index contributed by atoms with van der Waals surface area (Å²) in [5.41, 5.74) is 1.78. The summed E-state index contributed by atoms with van der Waals surface area (Å²) in [6, 6.07) is 5.25. The molecule has 2 heterocycles. The number of carbonyl (C=O) groups excluding carboxylic acids is 1. The molecule has 1 fully saturated rings. The second-order valence-corrected chi connectivity index (χ2v) is 9.10. The highest BCUT2D eigenvalue weighted by molar-refractivity contribution is 7.89. The van der Waals surface area contributed by atoms with Crippen molar-refractivity contribution in [3.63, 3.8) is 0 Å². The predicted octanol–water partition coefficient (Wildman–Crippen LogP) is 1.60. The third-order valence-electron chi connectivity index (χ3n) is 5.22. The first kappa shape index (κ1) is 18.4. The Morgan fingerprint density at radius 2 is 2.12 bits per heavy atom. The summed E-state index contributed by atoms with van der Waals surface area (Å²) >= 11 is 0. The Bertz CT molecular complexity index is 761. The van der Waals surface area contributed by atoms with E-state index in [4.69, 9.17) is 0 Å². The van der Waals surface area contributed by atoms with Gasteiger partial charge in [-0.3, -0.25) is 4.79 Å². The van der Waals surface area contributed by atoms with Crippen molar-refractivity contribution in [1.82, 2.24) is 9.62 Å². The molecule has 1 saturated heterocycles. The standard InChI is InChI=1S/C18H27N3O3S/c1-13-9-16-10-17(6-7-18(16)21(13)14(2)22)25(23,24)20-8-4-5-15(12-20)11-19-3/h6-7,10,13,15,19H,4-5,8-9,11-12H2,1-3H3. The number of carbonyl (C=O) groups is 1. The maximum Gasteiger partial charge on any atom is 0.243 e. The summed E-state index contributed by atoms with van der Waals surface area (Å²) in [6.45, 7) is 5.52. The third-order valence-corrected chi connectivity index (χ3v) is 7.08. The minimum absolute atomic E-state index is 0.00667. The summed E-state index contributed by atoms with van der Waals surface area (Å²) in [5.74, 6) is 0.351. The molecule has 0 saturated carbocycles. The number of hydrogen-bond acceptors (Lipinski definition) is 4. The number of amides is 1. The van der Waals surface area contributed by atoms with E-state index in [1.807, 2.05) is 14.0 Å². The van der Waals surface area contributed by atoms with E-state index < -0.39 is 10.0 Å². The highest BCUT2D eigenvalue weighted by Gasteiger charge is 2.33. The van der Waals surface area contributed by atoms with Gasteiger partial charge in [-0.15, -0.1) is 0 Å². The van der Waals surface area contributed by atoms with Crippen LogP contribution < -0.4 is 10.2 Å². The van der Waals surface area contributed by atoms with E-state index in [1.165, 1.54) is 0 Å². The fraction of sp³-hybridized carbons (Fsp3) is 0.611. The molecule has 2 unspecified atom stereocenters. The summed E-state index contributed by atoms with van der Waals surface area (Å²) in [7, 11) is -1.59. The first-order valence-corrected chi connectivity index (χ1v) is 10.4. The van der Waals surface area contributed by atoms with Crippen LogP contribution in [0.1, 0.15) is 32.3 Å². The molecule has 0 radical (unpaired) electrons. The van der Waals surface area contributed by atoms with E-state index in [-0.39, 0.29) is 11.9 Å². The molecule has 2 aliphatic heterocycles. The summed E-state index contributed by atoms with van der Waals surface area (Å²) in [5, 5.41) is 3.14. The normalized spacial score (nSPS) is 24.4. The fourth-order valence-corrected chi connectivity index (χ4v) is 5.70. The van der Waals surface area contributed by atoms with E-state index >= 15 is 0 Å². The van der Waals surface area contributed by atoms with Gasteiger partial charge in [-0.05, 0) is 69.5 Å². The summed E-state index contributed by atoms with van der Waals surface area (Å²) in [6.07, 6.45) is 2.65. The predicted molar refractivity (Wildman–Crippen MR) is 98.2 cm³/mol. The Balaban J connectivity index is 1.87. The Labute approximate surface area is 150 Å². The van der Waals surface area contributed by atoms with Gasteiger partial charge in [0.2, 0.25) is 15.9 Å². The zero-order valence-electron chi connectivity index (χ0n) is 15.2. The molecule has 0 aliphatic carbocycles. The van der Waals surface area contributed by atoms with Crippen LogP contribution in [-0.2, 0) is 21.2 Å². The van der Waals surface area contributed by atoms with Crippen LogP contribution in [0.15, 0.2) is 23.1 Å². The van der Waals surface area contributed by atoms with Crippen LogP contribution in [0.5, 0.6) is 0 Å². The molecule has 3 rings (SSSR count). The molecular weight excluding hydrogens is 338 g/mol. The van der Waals surface area contributed by atoms with E-state index in [0.717, 1.165) is 30.6 Å². The molecule has 0 bridgehead atoms. The molecule has 1 aromatic carbocycles. The van der Waals surface area contributed by atoms with Crippen molar-refractivity contribution in [2.45, 2.75) is 44.0 Å². The van der Waals surface area contributed by atoms with Gasteiger partial charge in [0.15, 0.2) is 0 Å². The first-order chi connectivity index (χ1) is 11.8. The number of fused-ring (bicyclic) bond motifs is 1. The third kappa shape index (κ3) is 3.45. The van der Waals surface area contributed by atoms with Gasteiger partial charge in [-0.1, -0.05) is 0 Å². The minimum atomic E-state index is -3.49. The highest BCUT2D eigenvalue weighted by atomic mass is 32.2. The monoisotopic (exact) mass is 365 g/mol. The smallest absolute Gasteiger partial charge is 0.243 e. The number of nitrogens with zero attached hydrogens (tertiary/aromatic N) is 2. The second-order valence-electron chi connectivity index (χ2n) is 7.16. The SMILES string of the molecule is CNCC1CCCN(S(=O)(=O)c2ccc3c(c2)CC(C)N3C(C)=O)C1. The van der Waals surface area contributed by atoms with E-state index in [9.17, 15) is 13.2 Å². The molecule has 1 amide bonds. The van der Waals surface area contributed by atoms with Crippen LogP contribution in [0.3, 0.4) is 0 Å². The number of nitrogens with one attached hydrogen (secondary N) is 1. The molecular formula is C18H27N3O3S. The van der Waals surface area contributed by atoms with Crippen molar-refractivity contribution < 1.29 is 13.2 Å². The second kappa shape index (κ2) is 7.05. The zero-order valence-corrected chi connectivity index (χ0v) is 16.0. The first-order valence-electron chi connectivity index (χ1n) is 8.92. The molecule has 1 aromatic rings. The van der Waals surface area contributed by atoms with Gasteiger partial charge in [0, 0.05) is 31.7 Å². The average Bonchev–Trinajstić information content (AvgIpc) is 2.90. The number of benzene rings is 1. The molecule has 6 nitrogen and oxygen atoms in total. The maximum absolute atomic E-state index is 13.1. The van der Waals surface area contributed by atoms with Gasteiger partial charge >= 0.3 is 0 Å². The van der Waals surface area contributed by atoms with Gasteiger partial charge in [0.25, 0.3) is 0 Å². The Morgan fingerprint density at radius 3 is 2.80 bits per heavy atom. The van der Waals surface area contributed by atoms with Gasteiger partial charge < -0.3 is 10.2 Å². The molecule has 0 aromatic heterocycles. The Morgan fingerprint density at radius 1 is 1.36 bits per heavy atom. The van der Waals surface area contributed by atoms with Crippen LogP contribution in [0.25, 0.3) is 0 Å². The van der Waals surface area contributed by atoms with Crippen LogP contribution >= 0.6 is 0 Å². The lowest BCUT2D eigenvalue weighted by molar-refractivity contribution is -0.116. The van der Waals surface area contributed by atoms with Crippen LogP contribution in [0.4, 0.5) is 5.69 Å². The van der Waals surface area contributed by atoms with Crippen LogP contribution in [0, 0.1) is 5.92 Å². The molecule has 25 heavy (non-hydrogen) atoms. The van der Waals surface area contributed by atoms with Gasteiger partial charge in [-0.2, -0.15) is 4.31 Å². The quantitative estimate of drug-likeness (QED) is 0.880. The van der Waals surface area contributed by atoms with Crippen molar-refractivity contribution >= 4 is 21.6 Å². The van der Waals surface area contributed by atoms with Crippen molar-refractivity contribution in [3.8, 4) is 0 Å².